The molecule has 2 rings (SSSR count). The lowest BCUT2D eigenvalue weighted by Gasteiger charge is -2.19. The number of aliphatic hydroxyl groups is 1. The summed E-state index contributed by atoms with van der Waals surface area (Å²) in [6, 6.07) is 5.72. The molecular weight excluding hydrogens is 282 g/mol. The van der Waals surface area contributed by atoms with Crippen molar-refractivity contribution in [1.29, 1.82) is 0 Å². The lowest BCUT2D eigenvalue weighted by Crippen LogP contribution is -2.34. The molecule has 0 aromatic heterocycles. The zero-order valence-electron chi connectivity index (χ0n) is 10.0. The number of hydrogen-bond acceptors (Lipinski definition) is 2. The molecule has 1 heterocycles. The summed E-state index contributed by atoms with van der Waals surface area (Å²) < 4.78 is 0.805. The maximum atomic E-state index is 12.3. The summed E-state index contributed by atoms with van der Waals surface area (Å²) >= 11 is 3.40. The van der Waals surface area contributed by atoms with Gasteiger partial charge in [-0.2, -0.15) is 0 Å². The number of β-amino-alcohol motifs (C(OH)–C–C–N with tert-alkyl or cyclic N) is 1. The molecule has 1 aromatic rings. The number of benzene rings is 1. The molecule has 1 unspecified atom stereocenters. The standard InChI is InChI=1S/C13H16BrNO2/c1-9-3-4-11(14)10(7-9)12(16)15-6-5-13(2,17)8-15/h3-4,7,17H,5-6,8H2,1-2H3. The molecule has 0 aliphatic carbocycles. The van der Waals surface area contributed by atoms with Crippen LogP contribution in [-0.4, -0.2) is 34.6 Å². The van der Waals surface area contributed by atoms with E-state index in [1.165, 1.54) is 0 Å². The largest absolute Gasteiger partial charge is 0.388 e. The van der Waals surface area contributed by atoms with Gasteiger partial charge < -0.3 is 10.0 Å². The van der Waals surface area contributed by atoms with Crippen LogP contribution in [0.3, 0.4) is 0 Å². The van der Waals surface area contributed by atoms with Crippen molar-refractivity contribution in [1.82, 2.24) is 4.90 Å². The molecule has 3 nitrogen and oxygen atoms in total. The molecule has 17 heavy (non-hydrogen) atoms. The van der Waals surface area contributed by atoms with E-state index in [4.69, 9.17) is 0 Å². The third kappa shape index (κ3) is 2.69. The number of halogens is 1. The smallest absolute Gasteiger partial charge is 0.255 e. The summed E-state index contributed by atoms with van der Waals surface area (Å²) in [6.07, 6.45) is 0.641. The summed E-state index contributed by atoms with van der Waals surface area (Å²) in [4.78, 5) is 14.0. The fourth-order valence-corrected chi connectivity index (χ4v) is 2.51. The Bertz CT molecular complexity index is 457. The van der Waals surface area contributed by atoms with Gasteiger partial charge in [0.05, 0.1) is 11.2 Å². The first-order valence-electron chi connectivity index (χ1n) is 5.67. The van der Waals surface area contributed by atoms with Crippen molar-refractivity contribution in [3.63, 3.8) is 0 Å². The Morgan fingerprint density at radius 1 is 1.53 bits per heavy atom. The van der Waals surface area contributed by atoms with Gasteiger partial charge >= 0.3 is 0 Å². The van der Waals surface area contributed by atoms with Crippen LogP contribution in [0.25, 0.3) is 0 Å². The minimum absolute atomic E-state index is 0.0154. The molecular formula is C13H16BrNO2. The van der Waals surface area contributed by atoms with Crippen molar-refractivity contribution >= 4 is 21.8 Å². The third-order valence-electron chi connectivity index (χ3n) is 3.09. The molecule has 0 saturated carbocycles. The van der Waals surface area contributed by atoms with E-state index in [1.54, 1.807) is 11.8 Å². The highest BCUT2D eigenvalue weighted by Crippen LogP contribution is 2.25. The molecule has 1 saturated heterocycles. The van der Waals surface area contributed by atoms with Gasteiger partial charge in [0.15, 0.2) is 0 Å². The van der Waals surface area contributed by atoms with Crippen molar-refractivity contribution in [2.24, 2.45) is 0 Å². The van der Waals surface area contributed by atoms with E-state index in [9.17, 15) is 9.90 Å². The maximum Gasteiger partial charge on any atom is 0.255 e. The van der Waals surface area contributed by atoms with Gasteiger partial charge in [0.2, 0.25) is 0 Å². The average Bonchev–Trinajstić information content (AvgIpc) is 2.61. The van der Waals surface area contributed by atoms with Crippen molar-refractivity contribution < 1.29 is 9.90 Å². The molecule has 1 aliphatic heterocycles. The fraction of sp³-hybridized carbons (Fsp3) is 0.462. The highest BCUT2D eigenvalue weighted by Gasteiger charge is 2.34. The summed E-state index contributed by atoms with van der Waals surface area (Å²) in [7, 11) is 0. The molecule has 1 aromatic carbocycles. The molecule has 0 bridgehead atoms. The van der Waals surface area contributed by atoms with E-state index in [0.717, 1.165) is 10.0 Å². The number of likely N-dealkylation sites (tertiary alicyclic amines) is 1. The van der Waals surface area contributed by atoms with Crippen LogP contribution in [0.4, 0.5) is 0 Å². The molecule has 92 valence electrons. The summed E-state index contributed by atoms with van der Waals surface area (Å²) in [6.45, 7) is 4.76. The molecule has 0 radical (unpaired) electrons. The van der Waals surface area contributed by atoms with Crippen LogP contribution in [0.5, 0.6) is 0 Å². The Labute approximate surface area is 110 Å². The van der Waals surface area contributed by atoms with Gasteiger partial charge in [-0.1, -0.05) is 11.6 Å². The van der Waals surface area contributed by atoms with Gasteiger partial charge in [-0.15, -0.1) is 0 Å². The molecule has 4 heteroatoms. The minimum Gasteiger partial charge on any atom is -0.388 e. The van der Waals surface area contributed by atoms with Crippen molar-refractivity contribution in [2.45, 2.75) is 25.9 Å². The van der Waals surface area contributed by atoms with Crippen molar-refractivity contribution in [3.8, 4) is 0 Å². The maximum absolute atomic E-state index is 12.3. The normalized spacial score (nSPS) is 24.1. The van der Waals surface area contributed by atoms with Crippen LogP contribution in [0, 0.1) is 6.92 Å². The molecule has 1 amide bonds. The molecule has 1 aliphatic rings. The first kappa shape index (κ1) is 12.6. The lowest BCUT2D eigenvalue weighted by atomic mass is 10.1. The van der Waals surface area contributed by atoms with E-state index < -0.39 is 5.60 Å². The van der Waals surface area contributed by atoms with Crippen LogP contribution < -0.4 is 0 Å². The molecule has 1 fully saturated rings. The topological polar surface area (TPSA) is 40.5 Å². The summed E-state index contributed by atoms with van der Waals surface area (Å²) in [5, 5.41) is 9.88. The first-order valence-corrected chi connectivity index (χ1v) is 6.46. The van der Waals surface area contributed by atoms with Gasteiger partial charge in [0.25, 0.3) is 5.91 Å². The van der Waals surface area contributed by atoms with Crippen LogP contribution >= 0.6 is 15.9 Å². The quantitative estimate of drug-likeness (QED) is 0.864. The minimum atomic E-state index is -0.744. The van der Waals surface area contributed by atoms with Gasteiger partial charge in [-0.3, -0.25) is 4.79 Å². The monoisotopic (exact) mass is 297 g/mol. The summed E-state index contributed by atoms with van der Waals surface area (Å²) in [5.74, 6) is -0.0154. The number of hydrogen-bond donors (Lipinski definition) is 1. The Balaban J connectivity index is 2.23. The van der Waals surface area contributed by atoms with Gasteiger partial charge in [-0.25, -0.2) is 0 Å². The predicted octanol–water partition coefficient (Wildman–Crippen LogP) is 2.35. The predicted molar refractivity (Wildman–Crippen MR) is 70.0 cm³/mol. The van der Waals surface area contributed by atoms with Crippen LogP contribution in [0.1, 0.15) is 29.3 Å². The fourth-order valence-electron chi connectivity index (χ4n) is 2.09. The highest BCUT2D eigenvalue weighted by atomic mass is 79.9. The molecule has 1 atom stereocenters. The Morgan fingerprint density at radius 3 is 2.82 bits per heavy atom. The second-order valence-electron chi connectivity index (χ2n) is 4.96. The van der Waals surface area contributed by atoms with Crippen molar-refractivity contribution in [2.75, 3.05) is 13.1 Å². The Morgan fingerprint density at radius 2 is 2.24 bits per heavy atom. The van der Waals surface area contributed by atoms with E-state index in [2.05, 4.69) is 15.9 Å². The van der Waals surface area contributed by atoms with Gasteiger partial charge in [0.1, 0.15) is 0 Å². The van der Waals surface area contributed by atoms with E-state index in [1.807, 2.05) is 25.1 Å². The van der Waals surface area contributed by atoms with Crippen LogP contribution in [-0.2, 0) is 0 Å². The molecule has 0 spiro atoms. The lowest BCUT2D eigenvalue weighted by molar-refractivity contribution is 0.0571. The highest BCUT2D eigenvalue weighted by molar-refractivity contribution is 9.10. The number of rotatable bonds is 1. The second-order valence-corrected chi connectivity index (χ2v) is 5.81. The third-order valence-corrected chi connectivity index (χ3v) is 3.78. The second kappa shape index (κ2) is 4.42. The van der Waals surface area contributed by atoms with E-state index in [0.29, 0.717) is 25.1 Å². The Kier molecular flexibility index (Phi) is 3.27. The zero-order chi connectivity index (χ0) is 12.6. The van der Waals surface area contributed by atoms with Crippen LogP contribution in [0.15, 0.2) is 22.7 Å². The molecule has 1 N–H and O–H groups in total. The number of amides is 1. The van der Waals surface area contributed by atoms with Gasteiger partial charge in [-0.05, 0) is 48.3 Å². The average molecular weight is 298 g/mol. The van der Waals surface area contributed by atoms with Crippen LogP contribution in [0.2, 0.25) is 0 Å². The first-order chi connectivity index (χ1) is 7.89. The van der Waals surface area contributed by atoms with E-state index >= 15 is 0 Å². The number of aryl methyl sites for hydroxylation is 1. The number of nitrogens with zero attached hydrogens (tertiary/aromatic N) is 1. The van der Waals surface area contributed by atoms with E-state index in [-0.39, 0.29) is 5.91 Å². The van der Waals surface area contributed by atoms with Crippen molar-refractivity contribution in [3.05, 3.63) is 33.8 Å². The Hall–Kier alpha value is -0.870. The van der Waals surface area contributed by atoms with Gasteiger partial charge in [0, 0.05) is 17.6 Å². The number of carbonyl (C=O) groups is 1. The zero-order valence-corrected chi connectivity index (χ0v) is 11.6. The SMILES string of the molecule is Cc1ccc(Br)c(C(=O)N2CCC(C)(O)C2)c1. The summed E-state index contributed by atoms with van der Waals surface area (Å²) in [5.41, 5.74) is 0.983. The number of carbonyl (C=O) groups excluding carboxylic acids is 1.